The molecule has 0 unspecified atom stereocenters. The third-order valence-corrected chi connectivity index (χ3v) is 7.62. The van der Waals surface area contributed by atoms with Crippen molar-refractivity contribution < 1.29 is 27.9 Å². The average Bonchev–Trinajstić information content (AvgIpc) is 2.92. The Kier molecular flexibility index (Phi) is 7.35. The molecule has 0 aliphatic rings. The van der Waals surface area contributed by atoms with E-state index in [0.29, 0.717) is 33.6 Å². The minimum absolute atomic E-state index is 0.0125. The first-order valence-corrected chi connectivity index (χ1v) is 12.7. The molecule has 4 aromatic rings. The number of pyridine rings is 1. The highest BCUT2D eigenvalue weighted by molar-refractivity contribution is 7.92. The van der Waals surface area contributed by atoms with E-state index in [0.717, 1.165) is 10.6 Å². The van der Waals surface area contributed by atoms with Gasteiger partial charge in [-0.1, -0.05) is 30.3 Å². The molecule has 1 heterocycles. The molecule has 0 atom stereocenters. The predicted octanol–water partition coefficient (Wildman–Crippen LogP) is 4.97. The molecule has 1 aromatic heterocycles. The lowest BCUT2D eigenvalue weighted by atomic mass is 9.97. The van der Waals surface area contributed by atoms with E-state index in [1.165, 1.54) is 43.6 Å². The second-order valence-corrected chi connectivity index (χ2v) is 10.1. The van der Waals surface area contributed by atoms with Crippen molar-refractivity contribution in [3.8, 4) is 16.9 Å². The predicted molar refractivity (Wildman–Crippen MR) is 140 cm³/mol. The first-order valence-electron chi connectivity index (χ1n) is 11.2. The quantitative estimate of drug-likeness (QED) is 0.312. The SMILES string of the molecule is COc1ccc(S(=O)(=O)N(Cc2cccnc2)c2c(C)cc(-c3ccc(C=O)cc3)cc2C(=O)O)cc1. The van der Waals surface area contributed by atoms with Gasteiger partial charge in [0, 0.05) is 18.0 Å². The lowest BCUT2D eigenvalue weighted by Crippen LogP contribution is -2.32. The number of hydrogen-bond donors (Lipinski definition) is 1. The zero-order valence-electron chi connectivity index (χ0n) is 20.2. The van der Waals surface area contributed by atoms with Crippen molar-refractivity contribution in [1.82, 2.24) is 4.98 Å². The largest absolute Gasteiger partial charge is 0.497 e. The number of carbonyl (C=O) groups is 2. The number of sulfonamides is 1. The molecule has 0 saturated carbocycles. The molecule has 0 fully saturated rings. The van der Waals surface area contributed by atoms with Crippen LogP contribution in [0.3, 0.4) is 0 Å². The maximum Gasteiger partial charge on any atom is 0.337 e. The number of benzene rings is 3. The minimum Gasteiger partial charge on any atom is -0.497 e. The first kappa shape index (κ1) is 25.6. The highest BCUT2D eigenvalue weighted by Crippen LogP contribution is 2.36. The molecule has 37 heavy (non-hydrogen) atoms. The molecule has 4 rings (SSSR count). The summed E-state index contributed by atoms with van der Waals surface area (Å²) in [6.45, 7) is 1.54. The van der Waals surface area contributed by atoms with Gasteiger partial charge >= 0.3 is 5.97 Å². The van der Waals surface area contributed by atoms with Crippen molar-refractivity contribution in [1.29, 1.82) is 0 Å². The van der Waals surface area contributed by atoms with Crippen LogP contribution in [-0.4, -0.2) is 37.9 Å². The Morgan fingerprint density at radius 2 is 1.73 bits per heavy atom. The van der Waals surface area contributed by atoms with Crippen LogP contribution in [-0.2, 0) is 16.6 Å². The number of carboxylic acid groups (broad SMARTS) is 1. The highest BCUT2D eigenvalue weighted by Gasteiger charge is 2.31. The van der Waals surface area contributed by atoms with Gasteiger partial charge in [0.25, 0.3) is 10.0 Å². The summed E-state index contributed by atoms with van der Waals surface area (Å²) in [5.41, 5.74) is 2.69. The fourth-order valence-electron chi connectivity index (χ4n) is 4.01. The fraction of sp³-hybridized carbons (Fsp3) is 0.107. The van der Waals surface area contributed by atoms with Gasteiger partial charge in [-0.25, -0.2) is 13.2 Å². The van der Waals surface area contributed by atoms with Crippen LogP contribution < -0.4 is 9.04 Å². The molecule has 0 radical (unpaired) electrons. The van der Waals surface area contributed by atoms with Gasteiger partial charge < -0.3 is 9.84 Å². The molecule has 0 saturated heterocycles. The van der Waals surface area contributed by atoms with Crippen molar-refractivity contribution in [3.05, 3.63) is 107 Å². The Bertz CT molecular complexity index is 1530. The van der Waals surface area contributed by atoms with E-state index in [4.69, 9.17) is 4.74 Å². The standard InChI is InChI=1S/C28H24N2O6S/c1-19-14-23(22-7-5-20(18-31)6-8-22)15-26(28(32)33)27(19)30(17-21-4-3-13-29-16-21)37(34,35)25-11-9-24(36-2)10-12-25/h3-16,18H,17H2,1-2H3,(H,32,33). The van der Waals surface area contributed by atoms with Crippen LogP contribution in [0.2, 0.25) is 0 Å². The summed E-state index contributed by atoms with van der Waals surface area (Å²) in [7, 11) is -2.71. The van der Waals surface area contributed by atoms with Gasteiger partial charge in [-0.3, -0.25) is 14.1 Å². The lowest BCUT2D eigenvalue weighted by molar-refractivity contribution is 0.0697. The monoisotopic (exact) mass is 516 g/mol. The van der Waals surface area contributed by atoms with E-state index in [-0.39, 0.29) is 22.7 Å². The normalized spacial score (nSPS) is 11.1. The molecule has 0 aliphatic carbocycles. The maximum atomic E-state index is 13.9. The number of carboxylic acids is 1. The summed E-state index contributed by atoms with van der Waals surface area (Å²) in [6, 6.07) is 19.2. The van der Waals surface area contributed by atoms with Crippen molar-refractivity contribution in [3.63, 3.8) is 0 Å². The molecule has 8 nitrogen and oxygen atoms in total. The molecule has 1 N–H and O–H groups in total. The van der Waals surface area contributed by atoms with Gasteiger partial charge in [0.05, 0.1) is 29.8 Å². The first-order chi connectivity index (χ1) is 17.7. The van der Waals surface area contributed by atoms with Crippen LogP contribution in [0.5, 0.6) is 5.75 Å². The number of anilines is 1. The molecular weight excluding hydrogens is 492 g/mol. The van der Waals surface area contributed by atoms with Crippen LogP contribution in [0.15, 0.2) is 90.1 Å². The summed E-state index contributed by atoms with van der Waals surface area (Å²) < 4.78 is 34.1. The van der Waals surface area contributed by atoms with E-state index >= 15 is 0 Å². The van der Waals surface area contributed by atoms with Gasteiger partial charge in [0.15, 0.2) is 0 Å². The van der Waals surface area contributed by atoms with Crippen molar-refractivity contribution in [2.75, 3.05) is 11.4 Å². The number of aryl methyl sites for hydroxylation is 1. The zero-order valence-corrected chi connectivity index (χ0v) is 21.0. The molecule has 0 amide bonds. The van der Waals surface area contributed by atoms with Gasteiger partial charge in [0.1, 0.15) is 12.0 Å². The Morgan fingerprint density at radius 3 is 2.30 bits per heavy atom. The topological polar surface area (TPSA) is 114 Å². The Balaban J connectivity index is 1.91. The van der Waals surface area contributed by atoms with Crippen LogP contribution in [0.25, 0.3) is 11.1 Å². The molecular formula is C28H24N2O6S. The van der Waals surface area contributed by atoms with Gasteiger partial charge in [-0.15, -0.1) is 0 Å². The molecule has 188 valence electrons. The van der Waals surface area contributed by atoms with Gasteiger partial charge in [0.2, 0.25) is 0 Å². The van der Waals surface area contributed by atoms with E-state index in [1.54, 1.807) is 55.6 Å². The van der Waals surface area contributed by atoms with E-state index in [1.807, 2.05) is 0 Å². The smallest absolute Gasteiger partial charge is 0.337 e. The third-order valence-electron chi connectivity index (χ3n) is 5.86. The van der Waals surface area contributed by atoms with Crippen LogP contribution in [0.1, 0.15) is 31.8 Å². The lowest BCUT2D eigenvalue weighted by Gasteiger charge is -2.28. The maximum absolute atomic E-state index is 13.9. The highest BCUT2D eigenvalue weighted by atomic mass is 32.2. The minimum atomic E-state index is -4.19. The third kappa shape index (κ3) is 5.36. The molecule has 0 aliphatic heterocycles. The number of rotatable bonds is 9. The average molecular weight is 517 g/mol. The van der Waals surface area contributed by atoms with Gasteiger partial charge in [-0.2, -0.15) is 0 Å². The zero-order chi connectivity index (χ0) is 26.6. The fourth-order valence-corrected chi connectivity index (χ4v) is 5.55. The Hall–Kier alpha value is -4.50. The molecule has 0 spiro atoms. The van der Waals surface area contributed by atoms with Crippen LogP contribution in [0.4, 0.5) is 5.69 Å². The van der Waals surface area contributed by atoms with E-state index < -0.39 is 16.0 Å². The Labute approximate surface area is 214 Å². The number of aromatic carboxylic acids is 1. The van der Waals surface area contributed by atoms with Gasteiger partial charge in [-0.05, 0) is 71.6 Å². The van der Waals surface area contributed by atoms with Crippen molar-refractivity contribution in [2.24, 2.45) is 0 Å². The number of aromatic nitrogens is 1. The number of methoxy groups -OCH3 is 1. The Morgan fingerprint density at radius 1 is 1.03 bits per heavy atom. The number of nitrogens with zero attached hydrogens (tertiary/aromatic N) is 2. The number of carbonyl (C=O) groups excluding carboxylic acids is 1. The number of aldehydes is 1. The molecule has 0 bridgehead atoms. The summed E-state index contributed by atoms with van der Waals surface area (Å²) in [5.74, 6) is -0.782. The van der Waals surface area contributed by atoms with E-state index in [9.17, 15) is 23.1 Å². The summed E-state index contributed by atoms with van der Waals surface area (Å²) in [4.78, 5) is 27.5. The summed E-state index contributed by atoms with van der Waals surface area (Å²) in [5, 5.41) is 10.2. The molecule has 3 aromatic carbocycles. The van der Waals surface area contributed by atoms with Crippen molar-refractivity contribution in [2.45, 2.75) is 18.4 Å². The summed E-state index contributed by atoms with van der Waals surface area (Å²) >= 11 is 0. The second-order valence-electron chi connectivity index (χ2n) is 8.28. The molecule has 9 heteroatoms. The van der Waals surface area contributed by atoms with Crippen LogP contribution >= 0.6 is 0 Å². The van der Waals surface area contributed by atoms with Crippen molar-refractivity contribution >= 4 is 28.0 Å². The number of hydrogen-bond acceptors (Lipinski definition) is 6. The van der Waals surface area contributed by atoms with E-state index in [2.05, 4.69) is 4.98 Å². The number of ether oxygens (including phenoxy) is 1. The second kappa shape index (κ2) is 10.6. The summed E-state index contributed by atoms with van der Waals surface area (Å²) in [6.07, 6.45) is 3.83. The van der Waals surface area contributed by atoms with Crippen LogP contribution in [0, 0.1) is 6.92 Å².